The molecule has 0 aliphatic heterocycles. The molecule has 0 amide bonds. The van der Waals surface area contributed by atoms with E-state index in [1.807, 2.05) is 30.3 Å². The molecule has 0 aliphatic carbocycles. The van der Waals surface area contributed by atoms with Gasteiger partial charge in [0.05, 0.1) is 5.56 Å². The molecule has 0 atom stereocenters. The van der Waals surface area contributed by atoms with Crippen LogP contribution in [0.25, 0.3) is 0 Å². The summed E-state index contributed by atoms with van der Waals surface area (Å²) in [6.45, 7) is 0.378. The molecule has 3 N–H and O–H groups in total. The van der Waals surface area contributed by atoms with Crippen LogP contribution in [0.15, 0.2) is 48.5 Å². The second kappa shape index (κ2) is 5.23. The smallest absolute Gasteiger partial charge is 0.335 e. The zero-order valence-corrected chi connectivity index (χ0v) is 9.67. The quantitative estimate of drug-likeness (QED) is 0.809. The highest BCUT2D eigenvalue weighted by molar-refractivity contribution is 5.89. The Morgan fingerprint density at radius 3 is 2.56 bits per heavy atom. The van der Waals surface area contributed by atoms with Crippen LogP contribution >= 0.6 is 0 Å². The van der Waals surface area contributed by atoms with Crippen LogP contribution in [0.4, 0.5) is 5.69 Å². The minimum absolute atomic E-state index is 0.123. The summed E-state index contributed by atoms with van der Waals surface area (Å²) in [6, 6.07) is 14.1. The molecular formula is C14H13NO3. The SMILES string of the molecule is Nc1cc(OCc2ccccc2)cc(C(=O)O)c1. The van der Waals surface area contributed by atoms with E-state index in [9.17, 15) is 4.79 Å². The summed E-state index contributed by atoms with van der Waals surface area (Å²) in [5, 5.41) is 8.91. The van der Waals surface area contributed by atoms with E-state index in [1.165, 1.54) is 12.1 Å². The molecule has 0 radical (unpaired) electrons. The predicted octanol–water partition coefficient (Wildman–Crippen LogP) is 2.55. The van der Waals surface area contributed by atoms with Gasteiger partial charge >= 0.3 is 5.97 Å². The van der Waals surface area contributed by atoms with Gasteiger partial charge in [-0.05, 0) is 17.7 Å². The van der Waals surface area contributed by atoms with Gasteiger partial charge in [0.2, 0.25) is 0 Å². The second-order valence-corrected chi connectivity index (χ2v) is 3.87. The number of carboxylic acids is 1. The van der Waals surface area contributed by atoms with Crippen LogP contribution in [-0.4, -0.2) is 11.1 Å². The fourth-order valence-electron chi connectivity index (χ4n) is 1.57. The first kappa shape index (κ1) is 12.0. The van der Waals surface area contributed by atoms with Gasteiger partial charge in [-0.1, -0.05) is 30.3 Å². The Bertz CT molecular complexity index is 552. The Hall–Kier alpha value is -2.49. The molecule has 2 aromatic carbocycles. The van der Waals surface area contributed by atoms with Crippen molar-refractivity contribution in [2.24, 2.45) is 0 Å². The van der Waals surface area contributed by atoms with Crippen LogP contribution < -0.4 is 10.5 Å². The maximum absolute atomic E-state index is 10.9. The fourth-order valence-corrected chi connectivity index (χ4v) is 1.57. The van der Waals surface area contributed by atoms with E-state index in [0.29, 0.717) is 18.0 Å². The van der Waals surface area contributed by atoms with Crippen molar-refractivity contribution in [1.82, 2.24) is 0 Å². The average molecular weight is 243 g/mol. The van der Waals surface area contributed by atoms with Crippen LogP contribution in [0.5, 0.6) is 5.75 Å². The van der Waals surface area contributed by atoms with Gasteiger partial charge in [0, 0.05) is 11.8 Å². The fraction of sp³-hybridized carbons (Fsp3) is 0.0714. The van der Waals surface area contributed by atoms with Gasteiger partial charge in [-0.3, -0.25) is 0 Å². The molecule has 2 rings (SSSR count). The molecule has 0 unspecified atom stereocenters. The number of nitrogens with two attached hydrogens (primary N) is 1. The molecule has 0 saturated heterocycles. The third-order valence-corrected chi connectivity index (χ3v) is 2.42. The molecule has 0 bridgehead atoms. The minimum Gasteiger partial charge on any atom is -0.489 e. The first-order valence-corrected chi connectivity index (χ1v) is 5.46. The summed E-state index contributed by atoms with van der Waals surface area (Å²) >= 11 is 0. The van der Waals surface area contributed by atoms with Crippen molar-refractivity contribution >= 4 is 11.7 Å². The summed E-state index contributed by atoms with van der Waals surface area (Å²) in [4.78, 5) is 10.9. The van der Waals surface area contributed by atoms with E-state index in [4.69, 9.17) is 15.6 Å². The molecule has 92 valence electrons. The first-order valence-electron chi connectivity index (χ1n) is 5.46. The third-order valence-electron chi connectivity index (χ3n) is 2.42. The zero-order chi connectivity index (χ0) is 13.0. The van der Waals surface area contributed by atoms with Gasteiger partial charge in [-0.15, -0.1) is 0 Å². The number of ether oxygens (including phenoxy) is 1. The number of hydrogen-bond donors (Lipinski definition) is 2. The molecular weight excluding hydrogens is 230 g/mol. The predicted molar refractivity (Wildman–Crippen MR) is 68.6 cm³/mol. The number of nitrogen functional groups attached to an aromatic ring is 1. The normalized spacial score (nSPS) is 10.0. The third kappa shape index (κ3) is 3.01. The molecule has 0 saturated carbocycles. The highest BCUT2D eigenvalue weighted by atomic mass is 16.5. The Balaban J connectivity index is 2.12. The summed E-state index contributed by atoms with van der Waals surface area (Å²) < 4.78 is 5.52. The molecule has 0 aliphatic rings. The summed E-state index contributed by atoms with van der Waals surface area (Å²) in [7, 11) is 0. The molecule has 0 fully saturated rings. The topological polar surface area (TPSA) is 72.5 Å². The standard InChI is InChI=1S/C14H13NO3/c15-12-6-11(14(16)17)7-13(8-12)18-9-10-4-2-1-3-5-10/h1-8H,9,15H2,(H,16,17). The van der Waals surface area contributed by atoms with Crippen LogP contribution in [0, 0.1) is 0 Å². The zero-order valence-electron chi connectivity index (χ0n) is 9.67. The Morgan fingerprint density at radius 1 is 1.17 bits per heavy atom. The second-order valence-electron chi connectivity index (χ2n) is 3.87. The van der Waals surface area contributed by atoms with Crippen LogP contribution in [0.3, 0.4) is 0 Å². The van der Waals surface area contributed by atoms with E-state index in [0.717, 1.165) is 5.56 Å². The van der Waals surface area contributed by atoms with Gasteiger partial charge in [0.15, 0.2) is 0 Å². The molecule has 0 spiro atoms. The largest absolute Gasteiger partial charge is 0.489 e. The lowest BCUT2D eigenvalue weighted by Crippen LogP contribution is -2.01. The monoisotopic (exact) mass is 243 g/mol. The van der Waals surface area contributed by atoms with Crippen molar-refractivity contribution in [3.63, 3.8) is 0 Å². The number of benzene rings is 2. The number of aromatic carboxylic acids is 1. The van der Waals surface area contributed by atoms with Crippen LogP contribution in [0.1, 0.15) is 15.9 Å². The van der Waals surface area contributed by atoms with Crippen molar-refractivity contribution in [3.8, 4) is 5.75 Å². The van der Waals surface area contributed by atoms with Crippen molar-refractivity contribution in [3.05, 3.63) is 59.7 Å². The molecule has 4 nitrogen and oxygen atoms in total. The molecule has 4 heteroatoms. The van der Waals surface area contributed by atoms with E-state index in [1.54, 1.807) is 6.07 Å². The van der Waals surface area contributed by atoms with E-state index in [2.05, 4.69) is 0 Å². The van der Waals surface area contributed by atoms with Gasteiger partial charge in [-0.25, -0.2) is 4.79 Å². The molecule has 0 heterocycles. The first-order chi connectivity index (χ1) is 8.65. The lowest BCUT2D eigenvalue weighted by molar-refractivity contribution is 0.0696. The van der Waals surface area contributed by atoms with Crippen molar-refractivity contribution < 1.29 is 14.6 Å². The average Bonchev–Trinajstić information content (AvgIpc) is 2.37. The molecule has 18 heavy (non-hydrogen) atoms. The molecule has 2 aromatic rings. The number of hydrogen-bond acceptors (Lipinski definition) is 3. The maximum atomic E-state index is 10.9. The number of carbonyl (C=O) groups is 1. The Morgan fingerprint density at radius 2 is 1.89 bits per heavy atom. The minimum atomic E-state index is -1.02. The number of carboxylic acid groups (broad SMARTS) is 1. The van der Waals surface area contributed by atoms with Crippen molar-refractivity contribution in [1.29, 1.82) is 0 Å². The van der Waals surface area contributed by atoms with E-state index >= 15 is 0 Å². The van der Waals surface area contributed by atoms with E-state index < -0.39 is 5.97 Å². The van der Waals surface area contributed by atoms with E-state index in [-0.39, 0.29) is 5.56 Å². The Kier molecular flexibility index (Phi) is 3.48. The van der Waals surface area contributed by atoms with Crippen molar-refractivity contribution in [2.75, 3.05) is 5.73 Å². The van der Waals surface area contributed by atoms with Gasteiger partial charge in [0.25, 0.3) is 0 Å². The lowest BCUT2D eigenvalue weighted by atomic mass is 10.2. The number of rotatable bonds is 4. The van der Waals surface area contributed by atoms with Crippen LogP contribution in [-0.2, 0) is 6.61 Å². The Labute approximate surface area is 105 Å². The summed E-state index contributed by atoms with van der Waals surface area (Å²) in [5.74, 6) is -0.567. The maximum Gasteiger partial charge on any atom is 0.335 e. The molecule has 0 aromatic heterocycles. The number of anilines is 1. The summed E-state index contributed by atoms with van der Waals surface area (Å²) in [6.07, 6.45) is 0. The van der Waals surface area contributed by atoms with Gasteiger partial charge in [0.1, 0.15) is 12.4 Å². The van der Waals surface area contributed by atoms with Crippen LogP contribution in [0.2, 0.25) is 0 Å². The van der Waals surface area contributed by atoms with Gasteiger partial charge < -0.3 is 15.6 Å². The lowest BCUT2D eigenvalue weighted by Gasteiger charge is -2.08. The highest BCUT2D eigenvalue weighted by Gasteiger charge is 2.06. The van der Waals surface area contributed by atoms with Crippen molar-refractivity contribution in [2.45, 2.75) is 6.61 Å². The highest BCUT2D eigenvalue weighted by Crippen LogP contribution is 2.20. The van der Waals surface area contributed by atoms with Gasteiger partial charge in [-0.2, -0.15) is 0 Å². The summed E-state index contributed by atoms with van der Waals surface area (Å²) in [5.41, 5.74) is 7.13.